The Morgan fingerprint density at radius 1 is 1.29 bits per heavy atom. The Morgan fingerprint density at radius 3 is 3.14 bits per heavy atom. The Morgan fingerprint density at radius 2 is 2.21 bits per heavy atom. The fourth-order valence-corrected chi connectivity index (χ4v) is 1.47. The number of carbonyl (C=O) groups is 1. The fraction of sp³-hybridized carbons (Fsp3) is 0. The molecule has 66 valence electrons. The second-order valence-corrected chi connectivity index (χ2v) is 2.94. The van der Waals surface area contributed by atoms with Crippen LogP contribution in [0, 0.1) is 0 Å². The van der Waals surface area contributed by atoms with Gasteiger partial charge in [-0.2, -0.15) is 0 Å². The van der Waals surface area contributed by atoms with Crippen LogP contribution >= 0.6 is 0 Å². The smallest absolute Gasteiger partial charge is 0.209 e. The van der Waals surface area contributed by atoms with Gasteiger partial charge in [0, 0.05) is 11.4 Å². The minimum absolute atomic E-state index is 0.162. The first-order valence-corrected chi connectivity index (χ1v) is 4.07. The third-order valence-corrected chi connectivity index (χ3v) is 2.10. The number of rotatable bonds is 0. The molecule has 1 aromatic heterocycles. The van der Waals surface area contributed by atoms with E-state index in [0.29, 0.717) is 11.0 Å². The molecule has 0 saturated heterocycles. The highest BCUT2D eigenvalue weighted by molar-refractivity contribution is 6.62. The second kappa shape index (κ2) is 2.41. The molecule has 1 aliphatic heterocycles. The Kier molecular flexibility index (Phi) is 1.25. The highest BCUT2D eigenvalue weighted by Crippen LogP contribution is 2.11. The van der Waals surface area contributed by atoms with Crippen LogP contribution in [0.15, 0.2) is 33.8 Å². The molecule has 3 rings (SSSR count). The van der Waals surface area contributed by atoms with Gasteiger partial charge in [-0.05, 0) is 17.4 Å². The van der Waals surface area contributed by atoms with Crippen molar-refractivity contribution in [1.29, 1.82) is 0 Å². The predicted octanol–water partition coefficient (Wildman–Crippen LogP) is -0.625. The number of carbonyl (C=O) groups excluding carboxylic acids is 1. The summed E-state index contributed by atoms with van der Waals surface area (Å²) in [5.41, 5.74) is 0.768. The van der Waals surface area contributed by atoms with E-state index in [0.717, 1.165) is 5.22 Å². The monoisotopic (exact) mass is 184 g/mol. The van der Waals surface area contributed by atoms with Gasteiger partial charge in [-0.25, -0.2) is 0 Å². The topological polar surface area (TPSA) is 67.0 Å². The zero-order chi connectivity index (χ0) is 9.54. The average Bonchev–Trinajstić information content (AvgIpc) is 2.67. The molecular weight excluding hydrogens is 180 g/mol. The van der Waals surface area contributed by atoms with Crippen molar-refractivity contribution in [2.45, 2.75) is 0 Å². The van der Waals surface area contributed by atoms with Crippen LogP contribution in [0.1, 0.15) is 0 Å². The summed E-state index contributed by atoms with van der Waals surface area (Å²) in [6, 6.07) is 3.59. The maximum atomic E-state index is 11.5. The van der Waals surface area contributed by atoms with Gasteiger partial charge in [0.05, 0.1) is 0 Å². The van der Waals surface area contributed by atoms with E-state index in [1.165, 1.54) is 6.08 Å². The van der Waals surface area contributed by atoms with Crippen molar-refractivity contribution in [3.05, 3.63) is 28.9 Å². The number of hydrogen-bond acceptors (Lipinski definition) is 5. The lowest BCUT2D eigenvalue weighted by Crippen LogP contribution is -2.38. The van der Waals surface area contributed by atoms with Gasteiger partial charge in [-0.3, -0.25) is 9.78 Å². The SMILES string of the molecule is O=C1C=c2cccnc2=C2N=NN=C12. The fourth-order valence-electron chi connectivity index (χ4n) is 1.47. The van der Waals surface area contributed by atoms with Crippen molar-refractivity contribution in [3.8, 4) is 0 Å². The van der Waals surface area contributed by atoms with Crippen molar-refractivity contribution in [3.63, 3.8) is 0 Å². The first kappa shape index (κ1) is 7.25. The van der Waals surface area contributed by atoms with Gasteiger partial charge >= 0.3 is 0 Å². The first-order chi connectivity index (χ1) is 6.86. The normalized spacial score (nSPS) is 17.3. The van der Waals surface area contributed by atoms with Crippen LogP contribution in [-0.4, -0.2) is 16.5 Å². The van der Waals surface area contributed by atoms with E-state index in [2.05, 4.69) is 20.4 Å². The molecule has 5 nitrogen and oxygen atoms in total. The van der Waals surface area contributed by atoms with E-state index >= 15 is 0 Å². The zero-order valence-corrected chi connectivity index (χ0v) is 7.01. The molecule has 0 N–H and O–H groups in total. The molecular formula is C9H4N4O. The number of ketones is 1. The van der Waals surface area contributed by atoms with Crippen LogP contribution in [0.3, 0.4) is 0 Å². The Labute approximate surface area is 78.2 Å². The zero-order valence-electron chi connectivity index (χ0n) is 7.01. The molecule has 0 bridgehead atoms. The molecule has 0 aromatic carbocycles. The summed E-state index contributed by atoms with van der Waals surface area (Å²) in [6.45, 7) is 0. The van der Waals surface area contributed by atoms with E-state index in [-0.39, 0.29) is 11.5 Å². The van der Waals surface area contributed by atoms with E-state index in [1.54, 1.807) is 12.3 Å². The summed E-state index contributed by atoms with van der Waals surface area (Å²) in [4.78, 5) is 15.6. The van der Waals surface area contributed by atoms with Crippen LogP contribution in [-0.2, 0) is 4.79 Å². The molecule has 2 aliphatic rings. The lowest BCUT2D eigenvalue weighted by molar-refractivity contribution is -0.107. The standard InChI is InChI=1S/C9H4N4O/c14-6-4-5-2-1-3-10-7(5)9-8(6)11-13-12-9/h1-4H. The number of aromatic nitrogens is 1. The molecule has 0 saturated carbocycles. The molecule has 2 heterocycles. The van der Waals surface area contributed by atoms with Crippen molar-refractivity contribution in [2.24, 2.45) is 15.4 Å². The van der Waals surface area contributed by atoms with Crippen molar-refractivity contribution < 1.29 is 4.79 Å². The Hall–Kier alpha value is -2.17. The van der Waals surface area contributed by atoms with Gasteiger partial charge in [-0.1, -0.05) is 6.07 Å². The van der Waals surface area contributed by atoms with Crippen LogP contribution in [0.5, 0.6) is 0 Å². The molecule has 1 aliphatic carbocycles. The number of pyridine rings is 1. The van der Waals surface area contributed by atoms with Gasteiger partial charge in [-0.15, -0.1) is 10.2 Å². The van der Waals surface area contributed by atoms with Crippen LogP contribution < -0.4 is 10.6 Å². The Balaban J connectivity index is 2.57. The number of hydrogen-bond donors (Lipinski definition) is 0. The minimum Gasteiger partial charge on any atom is -0.287 e. The largest absolute Gasteiger partial charge is 0.287 e. The van der Waals surface area contributed by atoms with Crippen LogP contribution in [0.25, 0.3) is 11.8 Å². The van der Waals surface area contributed by atoms with E-state index in [4.69, 9.17) is 0 Å². The molecule has 0 radical (unpaired) electrons. The van der Waals surface area contributed by atoms with Gasteiger partial charge in [0.15, 0.2) is 5.71 Å². The summed E-state index contributed by atoms with van der Waals surface area (Å²) < 4.78 is 0. The maximum absolute atomic E-state index is 11.5. The number of Topliss-reactive ketones (excluding diaryl/α,β-unsaturated/α-hetero) is 1. The van der Waals surface area contributed by atoms with Gasteiger partial charge in [0.2, 0.25) is 5.78 Å². The summed E-state index contributed by atoms with van der Waals surface area (Å²) >= 11 is 0. The minimum atomic E-state index is -0.162. The summed E-state index contributed by atoms with van der Waals surface area (Å²) in [5, 5.41) is 12.4. The van der Waals surface area contributed by atoms with Crippen LogP contribution in [0.2, 0.25) is 0 Å². The molecule has 14 heavy (non-hydrogen) atoms. The maximum Gasteiger partial charge on any atom is 0.209 e. The molecule has 0 amide bonds. The molecule has 0 atom stereocenters. The summed E-state index contributed by atoms with van der Waals surface area (Å²) in [6.07, 6.45) is 3.15. The predicted molar refractivity (Wildman–Crippen MR) is 48.7 cm³/mol. The Bertz CT molecular complexity index is 612. The molecule has 0 unspecified atom stereocenters. The van der Waals surface area contributed by atoms with E-state index < -0.39 is 0 Å². The van der Waals surface area contributed by atoms with Crippen molar-refractivity contribution in [2.75, 3.05) is 0 Å². The van der Waals surface area contributed by atoms with Gasteiger partial charge in [0.25, 0.3) is 0 Å². The molecule has 0 spiro atoms. The summed E-state index contributed by atoms with van der Waals surface area (Å²) in [5.74, 6) is -0.162. The highest BCUT2D eigenvalue weighted by atomic mass is 16.1. The van der Waals surface area contributed by atoms with E-state index in [1.807, 2.05) is 6.07 Å². The van der Waals surface area contributed by atoms with Crippen molar-refractivity contribution >= 4 is 23.3 Å². The molecule has 0 fully saturated rings. The third kappa shape index (κ3) is 0.806. The first-order valence-electron chi connectivity index (χ1n) is 4.07. The molecule has 1 aromatic rings. The second-order valence-electron chi connectivity index (χ2n) is 2.94. The molecule has 5 heteroatoms. The number of fused-ring (bicyclic) bond motifs is 2. The average molecular weight is 184 g/mol. The summed E-state index contributed by atoms with van der Waals surface area (Å²) in [7, 11) is 0. The highest BCUT2D eigenvalue weighted by Gasteiger charge is 2.23. The third-order valence-electron chi connectivity index (χ3n) is 2.10. The quantitative estimate of drug-likeness (QED) is 0.539. The lowest BCUT2D eigenvalue weighted by atomic mass is 10.1. The van der Waals surface area contributed by atoms with Crippen molar-refractivity contribution in [1.82, 2.24) is 4.98 Å². The lowest BCUT2D eigenvalue weighted by Gasteiger charge is -2.01. The van der Waals surface area contributed by atoms with Gasteiger partial charge in [0.1, 0.15) is 11.0 Å². The van der Waals surface area contributed by atoms with E-state index in [9.17, 15) is 4.79 Å². The van der Waals surface area contributed by atoms with Crippen LogP contribution in [0.4, 0.5) is 0 Å². The van der Waals surface area contributed by atoms with Gasteiger partial charge < -0.3 is 0 Å². The number of nitrogens with zero attached hydrogens (tertiary/aromatic N) is 4.